The highest BCUT2D eigenvalue weighted by Gasteiger charge is 2.14. The fraction of sp³-hybridized carbons (Fsp3) is 0.333. The lowest BCUT2D eigenvalue weighted by molar-refractivity contribution is 0.0694. The summed E-state index contributed by atoms with van der Waals surface area (Å²) in [4.78, 5) is 18.8. The number of aromatic carboxylic acids is 1. The van der Waals surface area contributed by atoms with Gasteiger partial charge in [-0.25, -0.2) is 14.8 Å². The first-order chi connectivity index (χ1) is 8.50. The first kappa shape index (κ1) is 12.2. The topological polar surface area (TPSA) is 80.9 Å². The van der Waals surface area contributed by atoms with E-state index in [1.54, 1.807) is 4.68 Å². The Bertz CT molecular complexity index is 604. The lowest BCUT2D eigenvalue weighted by atomic mass is 10.2. The van der Waals surface area contributed by atoms with Crippen LogP contribution in [0.15, 0.2) is 12.5 Å². The number of hydrogen-bond donors (Lipinski definition) is 1. The van der Waals surface area contributed by atoms with Crippen molar-refractivity contribution in [3.05, 3.63) is 40.7 Å². The van der Waals surface area contributed by atoms with E-state index in [1.807, 2.05) is 20.8 Å². The summed E-state index contributed by atoms with van der Waals surface area (Å²) in [6, 6.07) is 0. The molecule has 1 N–H and O–H groups in total. The van der Waals surface area contributed by atoms with Gasteiger partial charge >= 0.3 is 5.97 Å². The molecular formula is C12H14N4O2. The van der Waals surface area contributed by atoms with E-state index in [-0.39, 0.29) is 5.56 Å². The molecule has 0 aliphatic carbocycles. The number of carbonyl (C=O) groups is 1. The van der Waals surface area contributed by atoms with Crippen molar-refractivity contribution in [2.45, 2.75) is 27.3 Å². The van der Waals surface area contributed by atoms with Crippen LogP contribution in [-0.4, -0.2) is 30.8 Å². The second-order valence-corrected chi connectivity index (χ2v) is 4.14. The van der Waals surface area contributed by atoms with Crippen molar-refractivity contribution in [2.75, 3.05) is 0 Å². The van der Waals surface area contributed by atoms with Crippen LogP contribution in [0.5, 0.6) is 0 Å². The standard InChI is InChI=1S/C12H14N4O2/c1-7-8(2)15-16(9(7)3)5-11-10(12(17)18)4-13-6-14-11/h4,6H,5H2,1-3H3,(H,17,18). The van der Waals surface area contributed by atoms with Crippen LogP contribution in [0.1, 0.15) is 33.0 Å². The summed E-state index contributed by atoms with van der Waals surface area (Å²) in [5.41, 5.74) is 3.65. The van der Waals surface area contributed by atoms with Gasteiger partial charge in [0.1, 0.15) is 11.9 Å². The second kappa shape index (κ2) is 4.56. The quantitative estimate of drug-likeness (QED) is 0.884. The van der Waals surface area contributed by atoms with Gasteiger partial charge in [0.2, 0.25) is 0 Å². The summed E-state index contributed by atoms with van der Waals surface area (Å²) in [5.74, 6) is -1.02. The summed E-state index contributed by atoms with van der Waals surface area (Å²) in [5, 5.41) is 13.4. The average Bonchev–Trinajstić information content (AvgIpc) is 2.57. The van der Waals surface area contributed by atoms with Gasteiger partial charge in [0.25, 0.3) is 0 Å². The fourth-order valence-corrected chi connectivity index (χ4v) is 1.74. The van der Waals surface area contributed by atoms with Crippen molar-refractivity contribution in [3.8, 4) is 0 Å². The van der Waals surface area contributed by atoms with Gasteiger partial charge in [0, 0.05) is 11.9 Å². The molecule has 0 unspecified atom stereocenters. The van der Waals surface area contributed by atoms with E-state index in [9.17, 15) is 4.79 Å². The van der Waals surface area contributed by atoms with Crippen LogP contribution in [0.3, 0.4) is 0 Å². The van der Waals surface area contributed by atoms with Crippen LogP contribution < -0.4 is 0 Å². The van der Waals surface area contributed by atoms with Gasteiger partial charge in [-0.2, -0.15) is 5.10 Å². The Hall–Kier alpha value is -2.24. The van der Waals surface area contributed by atoms with Crippen LogP contribution in [0.2, 0.25) is 0 Å². The molecule has 2 heterocycles. The number of nitrogens with zero attached hydrogens (tertiary/aromatic N) is 4. The maximum Gasteiger partial charge on any atom is 0.339 e. The highest BCUT2D eigenvalue weighted by Crippen LogP contribution is 2.13. The highest BCUT2D eigenvalue weighted by molar-refractivity contribution is 5.88. The molecule has 0 aromatic carbocycles. The summed E-state index contributed by atoms with van der Waals surface area (Å²) >= 11 is 0. The Morgan fingerprint density at radius 2 is 2.11 bits per heavy atom. The monoisotopic (exact) mass is 246 g/mol. The van der Waals surface area contributed by atoms with Crippen molar-refractivity contribution in [1.29, 1.82) is 0 Å². The van der Waals surface area contributed by atoms with Crippen LogP contribution >= 0.6 is 0 Å². The van der Waals surface area contributed by atoms with Crippen LogP contribution in [-0.2, 0) is 6.54 Å². The Balaban J connectivity index is 2.40. The molecular weight excluding hydrogens is 232 g/mol. The molecule has 2 aromatic heterocycles. The third-order valence-electron chi connectivity index (χ3n) is 3.07. The van der Waals surface area contributed by atoms with Crippen molar-refractivity contribution < 1.29 is 9.90 Å². The van der Waals surface area contributed by atoms with Crippen LogP contribution in [0.25, 0.3) is 0 Å². The fourth-order valence-electron chi connectivity index (χ4n) is 1.74. The number of carboxylic acid groups (broad SMARTS) is 1. The van der Waals surface area contributed by atoms with Crippen LogP contribution in [0, 0.1) is 20.8 Å². The molecule has 0 fully saturated rings. The predicted octanol–water partition coefficient (Wildman–Crippen LogP) is 1.34. The maximum atomic E-state index is 11.1. The summed E-state index contributed by atoms with van der Waals surface area (Å²) in [7, 11) is 0. The minimum atomic E-state index is -1.02. The Kier molecular flexibility index (Phi) is 3.10. The zero-order valence-corrected chi connectivity index (χ0v) is 10.5. The van der Waals surface area contributed by atoms with Gasteiger partial charge in [-0.15, -0.1) is 0 Å². The van der Waals surface area contributed by atoms with Gasteiger partial charge in [-0.3, -0.25) is 4.68 Å². The van der Waals surface area contributed by atoms with Crippen molar-refractivity contribution in [1.82, 2.24) is 19.7 Å². The number of rotatable bonds is 3. The van der Waals surface area contributed by atoms with E-state index >= 15 is 0 Å². The molecule has 94 valence electrons. The third kappa shape index (κ3) is 2.09. The zero-order valence-electron chi connectivity index (χ0n) is 10.5. The number of carboxylic acids is 1. The lowest BCUT2D eigenvalue weighted by Gasteiger charge is -2.06. The number of hydrogen-bond acceptors (Lipinski definition) is 4. The normalized spacial score (nSPS) is 10.6. The van der Waals surface area contributed by atoms with E-state index in [0.29, 0.717) is 12.2 Å². The average molecular weight is 246 g/mol. The Morgan fingerprint density at radius 1 is 1.39 bits per heavy atom. The van der Waals surface area contributed by atoms with E-state index < -0.39 is 5.97 Å². The number of aromatic nitrogens is 4. The third-order valence-corrected chi connectivity index (χ3v) is 3.07. The van der Waals surface area contributed by atoms with E-state index in [1.165, 1.54) is 12.5 Å². The molecule has 0 spiro atoms. The molecule has 0 aliphatic heterocycles. The van der Waals surface area contributed by atoms with Crippen molar-refractivity contribution >= 4 is 5.97 Å². The molecule has 0 bridgehead atoms. The molecule has 2 rings (SSSR count). The second-order valence-electron chi connectivity index (χ2n) is 4.14. The van der Waals surface area contributed by atoms with Crippen molar-refractivity contribution in [3.63, 3.8) is 0 Å². The van der Waals surface area contributed by atoms with Gasteiger partial charge in [0.15, 0.2) is 0 Å². The van der Waals surface area contributed by atoms with E-state index in [0.717, 1.165) is 17.0 Å². The smallest absolute Gasteiger partial charge is 0.339 e. The van der Waals surface area contributed by atoms with Crippen molar-refractivity contribution in [2.24, 2.45) is 0 Å². The molecule has 6 nitrogen and oxygen atoms in total. The Labute approximate surface area is 104 Å². The van der Waals surface area contributed by atoms with Crippen LogP contribution in [0.4, 0.5) is 0 Å². The largest absolute Gasteiger partial charge is 0.478 e. The molecule has 0 saturated carbocycles. The predicted molar refractivity (Wildman–Crippen MR) is 64.5 cm³/mol. The molecule has 0 radical (unpaired) electrons. The molecule has 0 amide bonds. The summed E-state index contributed by atoms with van der Waals surface area (Å²) < 4.78 is 1.76. The first-order valence-corrected chi connectivity index (χ1v) is 5.53. The molecule has 0 atom stereocenters. The van der Waals surface area contributed by atoms with E-state index in [2.05, 4.69) is 15.1 Å². The van der Waals surface area contributed by atoms with Gasteiger partial charge in [0.05, 0.1) is 17.9 Å². The SMILES string of the molecule is Cc1nn(Cc2ncncc2C(=O)O)c(C)c1C. The molecule has 6 heteroatoms. The summed E-state index contributed by atoms with van der Waals surface area (Å²) in [6.45, 7) is 6.21. The Morgan fingerprint density at radius 3 is 2.67 bits per heavy atom. The lowest BCUT2D eigenvalue weighted by Crippen LogP contribution is -2.12. The molecule has 18 heavy (non-hydrogen) atoms. The van der Waals surface area contributed by atoms with Gasteiger partial charge in [-0.05, 0) is 26.3 Å². The summed E-state index contributed by atoms with van der Waals surface area (Å²) in [6.07, 6.45) is 2.66. The molecule has 0 aliphatic rings. The van der Waals surface area contributed by atoms with Gasteiger partial charge < -0.3 is 5.11 Å². The minimum Gasteiger partial charge on any atom is -0.478 e. The minimum absolute atomic E-state index is 0.114. The highest BCUT2D eigenvalue weighted by atomic mass is 16.4. The van der Waals surface area contributed by atoms with E-state index in [4.69, 9.17) is 5.11 Å². The molecule has 0 saturated heterocycles. The molecule has 2 aromatic rings. The van der Waals surface area contributed by atoms with Gasteiger partial charge in [-0.1, -0.05) is 0 Å². The zero-order chi connectivity index (χ0) is 13.3. The number of aryl methyl sites for hydroxylation is 1. The first-order valence-electron chi connectivity index (χ1n) is 5.53. The maximum absolute atomic E-state index is 11.1.